The predicted molar refractivity (Wildman–Crippen MR) is 21.6 cm³/mol. The third kappa shape index (κ3) is 19.0. The van der Waals surface area contributed by atoms with E-state index in [4.69, 9.17) is 0 Å². The molecule has 0 N–H and O–H groups in total. The summed E-state index contributed by atoms with van der Waals surface area (Å²) < 4.78 is 61.5. The average Bonchev–Trinajstić information content (AvgIpc) is 1.57. The maximum Gasteiger partial charge on any atom is 1.00 e. The monoisotopic (exact) mass is 362 g/mol. The molecule has 0 aliphatic rings. The Bertz CT molecular complexity index is 251. The van der Waals surface area contributed by atoms with Crippen LogP contribution in [0.4, 0.5) is 0 Å². The molecule has 0 aliphatic carbocycles. The summed E-state index contributed by atoms with van der Waals surface area (Å²) in [7, 11) is -10.6. The number of rotatable bonds is 3. The van der Waals surface area contributed by atoms with Crippen LogP contribution in [0, 0.1) is 0 Å². The van der Waals surface area contributed by atoms with Crippen molar-refractivity contribution in [3.63, 3.8) is 0 Å². The van der Waals surface area contributed by atoms with E-state index in [2.05, 4.69) is 8.67 Å². The minimum Gasteiger partial charge on any atom is -0.724 e. The van der Waals surface area contributed by atoms with Gasteiger partial charge >= 0.3 is 116 Å². The minimum atomic E-state index is -5.31. The van der Waals surface area contributed by atoms with Gasteiger partial charge in [0.2, 0.25) is 20.8 Å². The third-order valence-electron chi connectivity index (χ3n) is 0.194. The van der Waals surface area contributed by atoms with Crippen LogP contribution in [0.5, 0.6) is 0 Å². The van der Waals surface area contributed by atoms with Gasteiger partial charge in [0.1, 0.15) is 0 Å². The van der Waals surface area contributed by atoms with Crippen molar-refractivity contribution in [1.82, 2.24) is 0 Å². The Labute approximate surface area is 167 Å². The second-order valence-corrected chi connectivity index (χ2v) is 2.86. The molecule has 0 saturated carbocycles. The average molecular weight is 363 g/mol. The van der Waals surface area contributed by atoms with E-state index >= 15 is 0 Å². The molecule has 0 fully saturated rings. The van der Waals surface area contributed by atoms with Gasteiger partial charge in [-0.2, -0.15) is 0 Å². The predicted octanol–water partition coefficient (Wildman–Crippen LogP) is -8.14. The molecule has 0 radical (unpaired) electrons. The van der Waals surface area contributed by atoms with Gasteiger partial charge in [-0.25, -0.2) is 16.8 Å². The topological polar surface area (TPSA) is 133 Å². The van der Waals surface area contributed by atoms with E-state index in [1.54, 1.807) is 0 Å². The fourth-order valence-corrected chi connectivity index (χ4v) is 0.612. The van der Waals surface area contributed by atoms with E-state index in [1.165, 1.54) is 0 Å². The molecule has 0 aromatic rings. The second-order valence-electron chi connectivity index (χ2n) is 0.953. The first-order valence-electron chi connectivity index (χ1n) is 1.50. The molecular weight excluding hydrogens is 363 g/mol. The molecule has 0 rings (SSSR count). The van der Waals surface area contributed by atoms with Crippen LogP contribution in [0.15, 0.2) is 0 Å². The molecule has 0 aliphatic heterocycles. The van der Waals surface area contributed by atoms with Crippen molar-refractivity contribution in [2.45, 2.75) is 0 Å². The Hall–Kier alpha value is 3.35. The van der Waals surface area contributed by atoms with Gasteiger partial charge in [0, 0.05) is 0 Å². The van der Waals surface area contributed by atoms with Crippen molar-refractivity contribution in [2.75, 3.05) is 0 Å². The fourth-order valence-electron chi connectivity index (χ4n) is 0.0680. The van der Waals surface area contributed by atoms with E-state index in [1.807, 2.05) is 0 Å². The molecular formula is O8Rb2S2. The Kier molecular flexibility index (Phi) is 14.7. The molecule has 0 aromatic heterocycles. The van der Waals surface area contributed by atoms with Crippen molar-refractivity contribution in [3.05, 3.63) is 0 Å². The summed E-state index contributed by atoms with van der Waals surface area (Å²) in [4.78, 5) is 0. The van der Waals surface area contributed by atoms with Crippen molar-refractivity contribution in [3.8, 4) is 0 Å². The van der Waals surface area contributed by atoms with Crippen LogP contribution in [0.3, 0.4) is 0 Å². The Morgan fingerprint density at radius 1 is 0.750 bits per heavy atom. The van der Waals surface area contributed by atoms with Crippen molar-refractivity contribution >= 4 is 20.8 Å². The van der Waals surface area contributed by atoms with Gasteiger partial charge in [-0.1, -0.05) is 0 Å². The summed E-state index contributed by atoms with van der Waals surface area (Å²) in [6.45, 7) is 0. The second kappa shape index (κ2) is 8.50. The Morgan fingerprint density at radius 3 is 1.00 bits per heavy atom. The molecule has 62 valence electrons. The third-order valence-corrected chi connectivity index (χ3v) is 0.750. The molecule has 0 spiro atoms. The quantitative estimate of drug-likeness (QED) is 0.209. The van der Waals surface area contributed by atoms with Crippen molar-refractivity contribution in [1.29, 1.82) is 0 Å². The number of hydrogen-bond acceptors (Lipinski definition) is 8. The van der Waals surface area contributed by atoms with Crippen molar-refractivity contribution < 1.29 is 151 Å². The standard InChI is InChI=1S/H2O8S2.2Rb/c1-9(2,3)7-8-10(4,5)6;;/h(H,1,2,3)(H,4,5,6);;/q;2*+1/p-2. The molecule has 0 atom stereocenters. The zero-order chi connectivity index (χ0) is 8.41. The summed E-state index contributed by atoms with van der Waals surface area (Å²) >= 11 is 0. The Balaban J connectivity index is -0.000000405. The molecule has 0 aromatic carbocycles. The molecule has 0 unspecified atom stereocenters. The van der Waals surface area contributed by atoms with E-state index in [-0.39, 0.29) is 116 Å². The van der Waals surface area contributed by atoms with Gasteiger partial charge in [-0.15, -0.1) is 8.67 Å². The van der Waals surface area contributed by atoms with Crippen LogP contribution in [-0.4, -0.2) is 25.9 Å². The first kappa shape index (κ1) is 20.7. The van der Waals surface area contributed by atoms with E-state index in [0.29, 0.717) is 0 Å². The van der Waals surface area contributed by atoms with Crippen LogP contribution in [-0.2, 0) is 29.5 Å². The maximum atomic E-state index is 9.37. The molecule has 0 bridgehead atoms. The fraction of sp³-hybridized carbons (Fsp3) is 0. The van der Waals surface area contributed by atoms with Crippen LogP contribution >= 0.6 is 0 Å². The normalized spacial score (nSPS) is 11.2. The molecule has 12 heteroatoms. The summed E-state index contributed by atoms with van der Waals surface area (Å²) in [5, 5.41) is 0. The molecule has 0 heterocycles. The SMILES string of the molecule is O=S(=O)([O-])OOS(=O)(=O)[O-].[Rb+].[Rb+]. The van der Waals surface area contributed by atoms with E-state index in [0.717, 1.165) is 0 Å². The molecule has 12 heavy (non-hydrogen) atoms. The smallest absolute Gasteiger partial charge is 0.724 e. The van der Waals surface area contributed by atoms with Crippen LogP contribution in [0.1, 0.15) is 0 Å². The van der Waals surface area contributed by atoms with Crippen LogP contribution in [0.2, 0.25) is 0 Å². The van der Waals surface area contributed by atoms with Gasteiger partial charge in [0.25, 0.3) is 0 Å². The van der Waals surface area contributed by atoms with Crippen molar-refractivity contribution in [2.24, 2.45) is 0 Å². The zero-order valence-corrected chi connectivity index (χ0v) is 17.5. The van der Waals surface area contributed by atoms with E-state index in [9.17, 15) is 25.9 Å². The van der Waals surface area contributed by atoms with Crippen LogP contribution < -0.4 is 116 Å². The van der Waals surface area contributed by atoms with Gasteiger partial charge in [-0.3, -0.25) is 0 Å². The largest absolute Gasteiger partial charge is 1.00 e. The van der Waals surface area contributed by atoms with Gasteiger partial charge in [0.15, 0.2) is 0 Å². The molecule has 0 saturated heterocycles. The summed E-state index contributed by atoms with van der Waals surface area (Å²) in [5.74, 6) is 0. The minimum absolute atomic E-state index is 0. The molecule has 8 nitrogen and oxygen atoms in total. The molecule has 0 amide bonds. The summed E-state index contributed by atoms with van der Waals surface area (Å²) in [5.41, 5.74) is 0. The first-order valence-corrected chi connectivity index (χ1v) is 4.17. The number of hydrogen-bond donors (Lipinski definition) is 0. The first-order chi connectivity index (χ1) is 4.21. The zero-order valence-electron chi connectivity index (χ0n) is 6.08. The summed E-state index contributed by atoms with van der Waals surface area (Å²) in [6, 6.07) is 0. The van der Waals surface area contributed by atoms with E-state index < -0.39 is 20.8 Å². The van der Waals surface area contributed by atoms with Gasteiger partial charge < -0.3 is 9.11 Å². The van der Waals surface area contributed by atoms with Gasteiger partial charge in [-0.05, 0) is 0 Å². The van der Waals surface area contributed by atoms with Gasteiger partial charge in [0.05, 0.1) is 0 Å². The Morgan fingerprint density at radius 2 is 0.917 bits per heavy atom. The summed E-state index contributed by atoms with van der Waals surface area (Å²) in [6.07, 6.45) is 0. The van der Waals surface area contributed by atoms with Crippen LogP contribution in [0.25, 0.3) is 0 Å². The maximum absolute atomic E-state index is 9.37.